The Morgan fingerprint density at radius 1 is 1.53 bits per heavy atom. The quantitative estimate of drug-likeness (QED) is 0.725. The van der Waals surface area contributed by atoms with Gasteiger partial charge in [0.05, 0.1) is 0 Å². The summed E-state index contributed by atoms with van der Waals surface area (Å²) in [4.78, 5) is 2.58. The van der Waals surface area contributed by atoms with Crippen LogP contribution in [-0.2, 0) is 4.74 Å². The molecule has 2 unspecified atom stereocenters. The van der Waals surface area contributed by atoms with Crippen LogP contribution in [0.4, 0.5) is 0 Å². The highest BCUT2D eigenvalue weighted by atomic mass is 16.5. The average Bonchev–Trinajstić information content (AvgIpc) is 2.19. The Bertz CT molecular complexity index is 160. The Morgan fingerprint density at radius 2 is 2.33 bits per heavy atom. The first kappa shape index (κ1) is 12.9. The second kappa shape index (κ2) is 7.20. The lowest BCUT2D eigenvalue weighted by Gasteiger charge is -2.34. The van der Waals surface area contributed by atoms with E-state index in [0.29, 0.717) is 5.92 Å². The summed E-state index contributed by atoms with van der Waals surface area (Å²) in [5, 5.41) is 0. The van der Waals surface area contributed by atoms with Crippen molar-refractivity contribution in [1.29, 1.82) is 0 Å². The first-order valence-electron chi connectivity index (χ1n) is 6.17. The molecule has 0 spiro atoms. The number of hydrogen-bond acceptors (Lipinski definition) is 3. The highest BCUT2D eigenvalue weighted by Gasteiger charge is 2.20. The Labute approximate surface area is 94.0 Å². The summed E-state index contributed by atoms with van der Waals surface area (Å²) in [5.74, 6) is 1.48. The van der Waals surface area contributed by atoms with Gasteiger partial charge in [-0.2, -0.15) is 0 Å². The van der Waals surface area contributed by atoms with Crippen molar-refractivity contribution in [3.8, 4) is 0 Å². The van der Waals surface area contributed by atoms with Crippen LogP contribution in [0.1, 0.15) is 26.2 Å². The van der Waals surface area contributed by atoms with Crippen LogP contribution >= 0.6 is 0 Å². The Kier molecular flexibility index (Phi) is 6.22. The summed E-state index contributed by atoms with van der Waals surface area (Å²) >= 11 is 0. The number of piperidine rings is 1. The number of ether oxygens (including phenoxy) is 1. The Morgan fingerprint density at radius 3 is 3.00 bits per heavy atom. The zero-order valence-electron chi connectivity index (χ0n) is 10.2. The zero-order chi connectivity index (χ0) is 11.1. The van der Waals surface area contributed by atoms with E-state index in [2.05, 4.69) is 11.8 Å². The lowest BCUT2D eigenvalue weighted by molar-refractivity contribution is 0.104. The van der Waals surface area contributed by atoms with E-state index in [1.165, 1.54) is 38.9 Å². The van der Waals surface area contributed by atoms with Gasteiger partial charge in [-0.05, 0) is 44.2 Å². The summed E-state index contributed by atoms with van der Waals surface area (Å²) in [6, 6.07) is 0. The molecule has 1 aliphatic heterocycles. The molecule has 0 aromatic rings. The first-order chi connectivity index (χ1) is 7.26. The molecule has 0 aliphatic carbocycles. The van der Waals surface area contributed by atoms with Gasteiger partial charge < -0.3 is 15.4 Å². The molecular formula is C12H26N2O. The number of methoxy groups -OCH3 is 1. The van der Waals surface area contributed by atoms with Crippen molar-refractivity contribution < 1.29 is 4.74 Å². The molecule has 1 aliphatic rings. The Balaban J connectivity index is 2.23. The van der Waals surface area contributed by atoms with E-state index < -0.39 is 0 Å². The molecule has 2 atom stereocenters. The minimum atomic E-state index is 0.645. The highest BCUT2D eigenvalue weighted by Crippen LogP contribution is 2.19. The third-order valence-corrected chi connectivity index (χ3v) is 3.20. The van der Waals surface area contributed by atoms with E-state index in [-0.39, 0.29) is 0 Å². The van der Waals surface area contributed by atoms with Crippen LogP contribution < -0.4 is 5.73 Å². The number of nitrogens with two attached hydrogens (primary N) is 1. The van der Waals surface area contributed by atoms with Gasteiger partial charge in [-0.1, -0.05) is 6.92 Å². The van der Waals surface area contributed by atoms with Crippen LogP contribution in [-0.4, -0.2) is 44.8 Å². The fraction of sp³-hybridized carbons (Fsp3) is 1.00. The van der Waals surface area contributed by atoms with Gasteiger partial charge in [-0.3, -0.25) is 0 Å². The van der Waals surface area contributed by atoms with E-state index in [4.69, 9.17) is 10.5 Å². The van der Waals surface area contributed by atoms with Gasteiger partial charge in [0.1, 0.15) is 0 Å². The van der Waals surface area contributed by atoms with Gasteiger partial charge in [0.25, 0.3) is 0 Å². The monoisotopic (exact) mass is 214 g/mol. The summed E-state index contributed by atoms with van der Waals surface area (Å²) in [6.45, 7) is 7.65. The van der Waals surface area contributed by atoms with E-state index in [1.54, 1.807) is 7.11 Å². The molecule has 1 rings (SSSR count). The van der Waals surface area contributed by atoms with Crippen LogP contribution in [0.2, 0.25) is 0 Å². The Hall–Kier alpha value is -0.120. The lowest BCUT2D eigenvalue weighted by Crippen LogP contribution is -2.39. The maximum absolute atomic E-state index is 5.62. The highest BCUT2D eigenvalue weighted by molar-refractivity contribution is 4.74. The molecule has 0 bridgehead atoms. The minimum absolute atomic E-state index is 0.645. The average molecular weight is 214 g/mol. The SMILES string of the molecule is COCC(C)CN1CCCC(CCN)C1. The van der Waals surface area contributed by atoms with Gasteiger partial charge >= 0.3 is 0 Å². The smallest absolute Gasteiger partial charge is 0.0500 e. The van der Waals surface area contributed by atoms with Crippen LogP contribution in [0, 0.1) is 11.8 Å². The third-order valence-electron chi connectivity index (χ3n) is 3.20. The third kappa shape index (κ3) is 4.96. The molecule has 0 radical (unpaired) electrons. The second-order valence-corrected chi connectivity index (χ2v) is 4.91. The molecular weight excluding hydrogens is 188 g/mol. The van der Waals surface area contributed by atoms with Crippen molar-refractivity contribution in [2.45, 2.75) is 26.2 Å². The predicted octanol–water partition coefficient (Wildman–Crippen LogP) is 1.33. The molecule has 2 N–H and O–H groups in total. The molecule has 1 fully saturated rings. The molecule has 0 saturated carbocycles. The van der Waals surface area contributed by atoms with Crippen LogP contribution in [0.3, 0.4) is 0 Å². The topological polar surface area (TPSA) is 38.5 Å². The van der Waals surface area contributed by atoms with Crippen molar-refractivity contribution in [1.82, 2.24) is 4.90 Å². The molecule has 1 saturated heterocycles. The summed E-state index contributed by atoms with van der Waals surface area (Å²) < 4.78 is 5.17. The molecule has 0 aromatic heterocycles. The van der Waals surface area contributed by atoms with Crippen LogP contribution in [0.5, 0.6) is 0 Å². The summed E-state index contributed by atoms with van der Waals surface area (Å²) in [7, 11) is 1.78. The molecule has 90 valence electrons. The number of nitrogens with zero attached hydrogens (tertiary/aromatic N) is 1. The van der Waals surface area contributed by atoms with Crippen molar-refractivity contribution >= 4 is 0 Å². The number of hydrogen-bond donors (Lipinski definition) is 1. The minimum Gasteiger partial charge on any atom is -0.384 e. The fourth-order valence-electron chi connectivity index (χ4n) is 2.57. The molecule has 1 heterocycles. The van der Waals surface area contributed by atoms with Gasteiger partial charge in [0.15, 0.2) is 0 Å². The first-order valence-corrected chi connectivity index (χ1v) is 6.17. The molecule has 0 amide bonds. The summed E-state index contributed by atoms with van der Waals surface area (Å²) in [6.07, 6.45) is 3.89. The van der Waals surface area contributed by atoms with E-state index in [0.717, 1.165) is 19.1 Å². The van der Waals surface area contributed by atoms with Crippen molar-refractivity contribution in [2.24, 2.45) is 17.6 Å². The van der Waals surface area contributed by atoms with Gasteiger partial charge in [0.2, 0.25) is 0 Å². The largest absolute Gasteiger partial charge is 0.384 e. The fourth-order valence-corrected chi connectivity index (χ4v) is 2.57. The second-order valence-electron chi connectivity index (χ2n) is 4.91. The van der Waals surface area contributed by atoms with Crippen LogP contribution in [0.15, 0.2) is 0 Å². The molecule has 15 heavy (non-hydrogen) atoms. The van der Waals surface area contributed by atoms with Crippen LogP contribution in [0.25, 0.3) is 0 Å². The van der Waals surface area contributed by atoms with E-state index in [1.807, 2.05) is 0 Å². The standard InChI is InChI=1S/C12H26N2O/c1-11(10-15-2)8-14-7-3-4-12(9-14)5-6-13/h11-12H,3-10,13H2,1-2H3. The van der Waals surface area contributed by atoms with Crippen molar-refractivity contribution in [2.75, 3.05) is 39.9 Å². The molecule has 3 nitrogen and oxygen atoms in total. The number of rotatable bonds is 6. The normalized spacial score (nSPS) is 25.4. The lowest BCUT2D eigenvalue weighted by atomic mass is 9.94. The van der Waals surface area contributed by atoms with Crippen molar-refractivity contribution in [3.63, 3.8) is 0 Å². The van der Waals surface area contributed by atoms with Gasteiger partial charge in [0, 0.05) is 26.8 Å². The van der Waals surface area contributed by atoms with E-state index in [9.17, 15) is 0 Å². The van der Waals surface area contributed by atoms with Gasteiger partial charge in [-0.15, -0.1) is 0 Å². The zero-order valence-corrected chi connectivity index (χ0v) is 10.2. The van der Waals surface area contributed by atoms with Crippen molar-refractivity contribution in [3.05, 3.63) is 0 Å². The molecule has 3 heteroatoms. The maximum atomic E-state index is 5.62. The van der Waals surface area contributed by atoms with Gasteiger partial charge in [-0.25, -0.2) is 0 Å². The predicted molar refractivity (Wildman–Crippen MR) is 63.9 cm³/mol. The maximum Gasteiger partial charge on any atom is 0.0500 e. The summed E-state index contributed by atoms with van der Waals surface area (Å²) in [5.41, 5.74) is 5.62. The van der Waals surface area contributed by atoms with E-state index >= 15 is 0 Å². The molecule has 0 aromatic carbocycles. The number of likely N-dealkylation sites (tertiary alicyclic amines) is 1.